The zero-order chi connectivity index (χ0) is 25.5. The number of nitrogens with zero attached hydrogens (tertiary/aromatic N) is 2. The van der Waals surface area contributed by atoms with Gasteiger partial charge in [0.1, 0.15) is 12.6 Å². The maximum Gasteiger partial charge on any atom is 0.244 e. The summed E-state index contributed by atoms with van der Waals surface area (Å²) in [6.07, 6.45) is 1.63. The van der Waals surface area contributed by atoms with Crippen molar-refractivity contribution in [3.63, 3.8) is 0 Å². The van der Waals surface area contributed by atoms with Crippen LogP contribution in [-0.2, 0) is 31.4 Å². The van der Waals surface area contributed by atoms with Crippen LogP contribution >= 0.6 is 0 Å². The largest absolute Gasteiger partial charge is 0.355 e. The maximum atomic E-state index is 13.4. The molecule has 0 bridgehead atoms. The summed E-state index contributed by atoms with van der Waals surface area (Å²) in [4.78, 5) is 27.4. The predicted octanol–water partition coefficient (Wildman–Crippen LogP) is 3.35. The first-order valence-corrected chi connectivity index (χ1v) is 13.4. The summed E-state index contributed by atoms with van der Waals surface area (Å²) in [7, 11) is -3.73. The molecule has 0 spiro atoms. The average Bonchev–Trinajstić information content (AvgIpc) is 2.77. The summed E-state index contributed by atoms with van der Waals surface area (Å²) < 4.78 is 26.4. The van der Waals surface area contributed by atoms with E-state index in [4.69, 9.17) is 0 Å². The first kappa shape index (κ1) is 27.4. The second kappa shape index (κ2) is 11.5. The van der Waals surface area contributed by atoms with Gasteiger partial charge in [0.2, 0.25) is 21.8 Å². The minimum absolute atomic E-state index is 0.0828. The van der Waals surface area contributed by atoms with E-state index in [1.165, 1.54) is 4.90 Å². The van der Waals surface area contributed by atoms with Crippen molar-refractivity contribution in [3.8, 4) is 0 Å². The Morgan fingerprint density at radius 2 is 1.59 bits per heavy atom. The fourth-order valence-electron chi connectivity index (χ4n) is 3.63. The lowest BCUT2D eigenvalue weighted by atomic mass is 9.87. The first-order chi connectivity index (χ1) is 15.8. The van der Waals surface area contributed by atoms with E-state index in [0.29, 0.717) is 25.2 Å². The number of benzene rings is 2. The number of carbonyl (C=O) groups is 2. The van der Waals surface area contributed by atoms with E-state index >= 15 is 0 Å². The van der Waals surface area contributed by atoms with E-state index in [1.807, 2.05) is 49.4 Å². The van der Waals surface area contributed by atoms with Gasteiger partial charge < -0.3 is 10.2 Å². The number of likely N-dealkylation sites (N-methyl/N-ethyl adjacent to an activating group) is 1. The highest BCUT2D eigenvalue weighted by atomic mass is 32.2. The topological polar surface area (TPSA) is 86.8 Å². The summed E-state index contributed by atoms with van der Waals surface area (Å²) in [5, 5.41) is 2.75. The molecule has 8 heteroatoms. The van der Waals surface area contributed by atoms with Crippen molar-refractivity contribution in [2.24, 2.45) is 0 Å². The SMILES string of the molecule is CCNC(=O)[C@@H](C)N(CCc1ccccc1)C(=O)CN(c1ccc(C(C)(C)C)cc1)S(C)(=O)=O. The summed E-state index contributed by atoms with van der Waals surface area (Å²) in [6.45, 7) is 10.1. The molecule has 0 unspecified atom stereocenters. The Labute approximate surface area is 204 Å². The van der Waals surface area contributed by atoms with Crippen molar-refractivity contribution in [2.45, 2.75) is 52.5 Å². The first-order valence-electron chi connectivity index (χ1n) is 11.5. The molecule has 0 fully saturated rings. The molecule has 0 heterocycles. The molecule has 2 aromatic rings. The monoisotopic (exact) mass is 487 g/mol. The molecule has 34 heavy (non-hydrogen) atoms. The highest BCUT2D eigenvalue weighted by Crippen LogP contribution is 2.26. The lowest BCUT2D eigenvalue weighted by molar-refractivity contribution is -0.138. The van der Waals surface area contributed by atoms with Crippen LogP contribution in [-0.4, -0.2) is 57.1 Å². The summed E-state index contributed by atoms with van der Waals surface area (Å²) in [5.74, 6) is -0.704. The van der Waals surface area contributed by atoms with Gasteiger partial charge in [-0.2, -0.15) is 0 Å². The van der Waals surface area contributed by atoms with E-state index < -0.39 is 22.0 Å². The third-order valence-corrected chi connectivity index (χ3v) is 6.84. The van der Waals surface area contributed by atoms with Crippen LogP contribution < -0.4 is 9.62 Å². The molecule has 0 saturated heterocycles. The second-order valence-electron chi connectivity index (χ2n) is 9.46. The van der Waals surface area contributed by atoms with Crippen molar-refractivity contribution in [2.75, 3.05) is 30.2 Å². The van der Waals surface area contributed by atoms with Gasteiger partial charge in [0.15, 0.2) is 0 Å². The van der Waals surface area contributed by atoms with Gasteiger partial charge in [-0.25, -0.2) is 8.42 Å². The number of sulfonamides is 1. The molecule has 2 rings (SSSR count). The maximum absolute atomic E-state index is 13.4. The van der Waals surface area contributed by atoms with E-state index in [0.717, 1.165) is 21.7 Å². The summed E-state index contributed by atoms with van der Waals surface area (Å²) >= 11 is 0. The number of hydrogen-bond donors (Lipinski definition) is 1. The van der Waals surface area contributed by atoms with Gasteiger partial charge in [0, 0.05) is 13.1 Å². The molecule has 0 saturated carbocycles. The van der Waals surface area contributed by atoms with Crippen LogP contribution in [0.1, 0.15) is 45.7 Å². The number of anilines is 1. The Bertz CT molecular complexity index is 1060. The van der Waals surface area contributed by atoms with E-state index in [9.17, 15) is 18.0 Å². The Balaban J connectivity index is 2.31. The standard InChI is InChI=1S/C26H37N3O4S/c1-7-27-25(31)20(2)28(18-17-21-11-9-8-10-12-21)24(30)19-29(34(6,32)33)23-15-13-22(14-16-23)26(3,4)5/h8-16,20H,7,17-19H2,1-6H3,(H,27,31)/t20-/m1/s1. The second-order valence-corrected chi connectivity index (χ2v) is 11.4. The Hall–Kier alpha value is -2.87. The highest BCUT2D eigenvalue weighted by Gasteiger charge is 2.29. The molecule has 186 valence electrons. The summed E-state index contributed by atoms with van der Waals surface area (Å²) in [5.41, 5.74) is 2.42. The van der Waals surface area contributed by atoms with E-state index in [2.05, 4.69) is 26.1 Å². The highest BCUT2D eigenvalue weighted by molar-refractivity contribution is 7.92. The molecule has 0 radical (unpaired) electrons. The molecular formula is C26H37N3O4S. The van der Waals surface area contributed by atoms with Crippen molar-refractivity contribution in [3.05, 3.63) is 65.7 Å². The van der Waals surface area contributed by atoms with Crippen LogP contribution in [0.3, 0.4) is 0 Å². The lowest BCUT2D eigenvalue weighted by Gasteiger charge is -2.31. The van der Waals surface area contributed by atoms with Crippen LogP contribution in [0.25, 0.3) is 0 Å². The van der Waals surface area contributed by atoms with Crippen LogP contribution in [0.2, 0.25) is 0 Å². The van der Waals surface area contributed by atoms with Crippen LogP contribution in [0.15, 0.2) is 54.6 Å². The van der Waals surface area contributed by atoms with E-state index in [-0.39, 0.29) is 17.9 Å². The third-order valence-electron chi connectivity index (χ3n) is 5.70. The third kappa shape index (κ3) is 7.58. The molecule has 0 aliphatic heterocycles. The molecule has 0 aliphatic carbocycles. The smallest absolute Gasteiger partial charge is 0.244 e. The van der Waals surface area contributed by atoms with Crippen LogP contribution in [0.4, 0.5) is 5.69 Å². The van der Waals surface area contributed by atoms with Gasteiger partial charge in [-0.15, -0.1) is 0 Å². The number of carbonyl (C=O) groups excluding carboxylic acids is 2. The quantitative estimate of drug-likeness (QED) is 0.557. The fourth-order valence-corrected chi connectivity index (χ4v) is 4.48. The summed E-state index contributed by atoms with van der Waals surface area (Å²) in [6, 6.07) is 16.1. The van der Waals surface area contributed by atoms with Crippen LogP contribution in [0, 0.1) is 0 Å². The van der Waals surface area contributed by atoms with Crippen LogP contribution in [0.5, 0.6) is 0 Å². The van der Waals surface area contributed by atoms with Crippen molar-refractivity contribution in [1.29, 1.82) is 0 Å². The van der Waals surface area contributed by atoms with Crippen molar-refractivity contribution >= 4 is 27.5 Å². The average molecular weight is 488 g/mol. The molecule has 1 N–H and O–H groups in total. The van der Waals surface area contributed by atoms with Gasteiger partial charge >= 0.3 is 0 Å². The molecule has 2 aromatic carbocycles. The number of amides is 2. The lowest BCUT2D eigenvalue weighted by Crippen LogP contribution is -2.52. The zero-order valence-corrected chi connectivity index (χ0v) is 21.9. The minimum atomic E-state index is -3.73. The molecule has 7 nitrogen and oxygen atoms in total. The number of hydrogen-bond acceptors (Lipinski definition) is 4. The normalized spacial score (nSPS) is 12.6. The van der Waals surface area contributed by atoms with Gasteiger partial charge in [-0.05, 0) is 48.9 Å². The Morgan fingerprint density at radius 1 is 1.00 bits per heavy atom. The molecule has 2 amide bonds. The predicted molar refractivity (Wildman–Crippen MR) is 137 cm³/mol. The van der Waals surface area contributed by atoms with Crippen molar-refractivity contribution < 1.29 is 18.0 Å². The zero-order valence-electron chi connectivity index (χ0n) is 21.0. The van der Waals surface area contributed by atoms with Crippen molar-refractivity contribution in [1.82, 2.24) is 10.2 Å². The minimum Gasteiger partial charge on any atom is -0.355 e. The number of rotatable bonds is 10. The molecule has 1 atom stereocenters. The Kier molecular flexibility index (Phi) is 9.27. The molecule has 0 aromatic heterocycles. The van der Waals surface area contributed by atoms with Gasteiger partial charge in [-0.3, -0.25) is 13.9 Å². The fraction of sp³-hybridized carbons (Fsp3) is 0.462. The Morgan fingerprint density at radius 3 is 2.09 bits per heavy atom. The van der Waals surface area contributed by atoms with E-state index in [1.54, 1.807) is 19.1 Å². The molecule has 0 aliphatic rings. The van der Waals surface area contributed by atoms with Gasteiger partial charge in [-0.1, -0.05) is 63.2 Å². The van der Waals surface area contributed by atoms with Gasteiger partial charge in [0.05, 0.1) is 11.9 Å². The van der Waals surface area contributed by atoms with Gasteiger partial charge in [0.25, 0.3) is 0 Å². The number of nitrogens with one attached hydrogen (secondary N) is 1. The molecular weight excluding hydrogens is 450 g/mol.